The summed E-state index contributed by atoms with van der Waals surface area (Å²) in [6.45, 7) is 0.835. The van der Waals surface area contributed by atoms with Crippen molar-refractivity contribution in [3.8, 4) is 0 Å². The molecular weight excluding hydrogens is 301 g/mol. The van der Waals surface area contributed by atoms with Crippen LogP contribution in [0.3, 0.4) is 0 Å². The molecule has 1 rings (SSSR count). The number of rotatable bonds is 6. The Morgan fingerprint density at radius 2 is 2.27 bits per heavy atom. The molecule has 1 aromatic rings. The van der Waals surface area contributed by atoms with Crippen molar-refractivity contribution in [3.63, 3.8) is 0 Å². The van der Waals surface area contributed by atoms with Crippen LogP contribution in [0, 0.1) is 3.57 Å². The monoisotopic (exact) mass is 319 g/mol. The molecule has 0 bridgehead atoms. The summed E-state index contributed by atoms with van der Waals surface area (Å²) in [5, 5.41) is 3.35. The maximum atomic E-state index is 5.07. The third kappa shape index (κ3) is 4.49. The summed E-state index contributed by atoms with van der Waals surface area (Å²) in [5.74, 6) is 0. The lowest BCUT2D eigenvalue weighted by Gasteiger charge is -2.16. The summed E-state index contributed by atoms with van der Waals surface area (Å²) in [5.41, 5.74) is 1.36. The molecule has 0 radical (unpaired) electrons. The average Bonchev–Trinajstić information content (AvgIpc) is 2.24. The first-order valence-corrected chi connectivity index (χ1v) is 6.27. The van der Waals surface area contributed by atoms with Gasteiger partial charge in [-0.2, -0.15) is 0 Å². The molecule has 0 aliphatic rings. The van der Waals surface area contributed by atoms with Crippen LogP contribution in [-0.4, -0.2) is 20.8 Å². The molecule has 84 valence electrons. The van der Waals surface area contributed by atoms with E-state index < -0.39 is 0 Å². The standard InChI is InChI=1S/C12H18INO/c1-14-12(7-4-8-15-2)10-5-3-6-11(13)9-10/h3,5-6,9,12,14H,4,7-8H2,1-2H3. The maximum absolute atomic E-state index is 5.07. The van der Waals surface area contributed by atoms with Gasteiger partial charge in [0.2, 0.25) is 0 Å². The predicted octanol–water partition coefficient (Wildman–Crippen LogP) is 2.98. The lowest BCUT2D eigenvalue weighted by molar-refractivity contribution is 0.189. The minimum absolute atomic E-state index is 0.440. The van der Waals surface area contributed by atoms with Crippen LogP contribution < -0.4 is 5.32 Å². The van der Waals surface area contributed by atoms with Crippen molar-refractivity contribution in [1.82, 2.24) is 5.32 Å². The zero-order chi connectivity index (χ0) is 11.1. The van der Waals surface area contributed by atoms with E-state index >= 15 is 0 Å². The van der Waals surface area contributed by atoms with Gasteiger partial charge in [0.15, 0.2) is 0 Å². The first kappa shape index (κ1) is 12.9. The average molecular weight is 319 g/mol. The molecule has 0 spiro atoms. The fourth-order valence-electron chi connectivity index (χ4n) is 1.63. The molecule has 0 amide bonds. The van der Waals surface area contributed by atoms with E-state index in [9.17, 15) is 0 Å². The number of methoxy groups -OCH3 is 1. The summed E-state index contributed by atoms with van der Waals surface area (Å²) < 4.78 is 6.36. The second-order valence-corrected chi connectivity index (χ2v) is 4.78. The SMILES string of the molecule is CNC(CCCOC)c1cccc(I)c1. The van der Waals surface area contributed by atoms with Crippen LogP contribution in [0.5, 0.6) is 0 Å². The van der Waals surface area contributed by atoms with Gasteiger partial charge in [0.25, 0.3) is 0 Å². The molecule has 0 heterocycles. The highest BCUT2D eigenvalue weighted by Crippen LogP contribution is 2.19. The first-order valence-electron chi connectivity index (χ1n) is 5.19. The van der Waals surface area contributed by atoms with Crippen molar-refractivity contribution in [2.75, 3.05) is 20.8 Å². The number of benzene rings is 1. The Balaban J connectivity index is 2.57. The second kappa shape index (κ2) is 7.19. The van der Waals surface area contributed by atoms with Gasteiger partial charge in [-0.15, -0.1) is 0 Å². The van der Waals surface area contributed by atoms with Gasteiger partial charge in [-0.25, -0.2) is 0 Å². The number of hydrogen-bond donors (Lipinski definition) is 1. The third-order valence-electron chi connectivity index (χ3n) is 2.44. The van der Waals surface area contributed by atoms with Crippen LogP contribution in [0.1, 0.15) is 24.4 Å². The van der Waals surface area contributed by atoms with Crippen LogP contribution in [0.25, 0.3) is 0 Å². The molecule has 3 heteroatoms. The van der Waals surface area contributed by atoms with Crippen LogP contribution in [0.15, 0.2) is 24.3 Å². The van der Waals surface area contributed by atoms with Crippen molar-refractivity contribution in [2.45, 2.75) is 18.9 Å². The molecule has 1 atom stereocenters. The Labute approximate surface area is 106 Å². The number of hydrogen-bond acceptors (Lipinski definition) is 2. The van der Waals surface area contributed by atoms with Gasteiger partial charge in [-0.1, -0.05) is 12.1 Å². The highest BCUT2D eigenvalue weighted by Gasteiger charge is 2.08. The molecule has 0 aliphatic heterocycles. The topological polar surface area (TPSA) is 21.3 Å². The molecule has 1 N–H and O–H groups in total. The van der Waals surface area contributed by atoms with E-state index in [1.807, 2.05) is 7.05 Å². The van der Waals surface area contributed by atoms with Crippen LogP contribution in [0.2, 0.25) is 0 Å². The van der Waals surface area contributed by atoms with Gasteiger partial charge >= 0.3 is 0 Å². The number of halogens is 1. The first-order chi connectivity index (χ1) is 7.27. The highest BCUT2D eigenvalue weighted by molar-refractivity contribution is 14.1. The van der Waals surface area contributed by atoms with E-state index in [0.717, 1.165) is 19.4 Å². The van der Waals surface area contributed by atoms with Gasteiger partial charge in [-0.05, 0) is 60.2 Å². The molecule has 0 aliphatic carbocycles. The Morgan fingerprint density at radius 1 is 1.47 bits per heavy atom. The van der Waals surface area contributed by atoms with E-state index in [-0.39, 0.29) is 0 Å². The summed E-state index contributed by atoms with van der Waals surface area (Å²) in [6.07, 6.45) is 2.21. The van der Waals surface area contributed by atoms with Crippen molar-refractivity contribution in [1.29, 1.82) is 0 Å². The fraction of sp³-hybridized carbons (Fsp3) is 0.500. The molecule has 1 aromatic carbocycles. The van der Waals surface area contributed by atoms with Crippen LogP contribution >= 0.6 is 22.6 Å². The normalized spacial score (nSPS) is 12.7. The van der Waals surface area contributed by atoms with E-state index in [1.165, 1.54) is 9.13 Å². The number of nitrogens with one attached hydrogen (secondary N) is 1. The number of ether oxygens (including phenoxy) is 1. The molecular formula is C12H18INO. The Kier molecular flexibility index (Phi) is 6.20. The van der Waals surface area contributed by atoms with Gasteiger partial charge in [0.1, 0.15) is 0 Å². The Bertz CT molecular complexity index is 291. The Morgan fingerprint density at radius 3 is 2.87 bits per heavy atom. The minimum Gasteiger partial charge on any atom is -0.385 e. The van der Waals surface area contributed by atoms with E-state index in [0.29, 0.717) is 6.04 Å². The van der Waals surface area contributed by atoms with Crippen molar-refractivity contribution in [3.05, 3.63) is 33.4 Å². The molecule has 15 heavy (non-hydrogen) atoms. The quantitative estimate of drug-likeness (QED) is 0.643. The fourth-order valence-corrected chi connectivity index (χ4v) is 2.20. The second-order valence-electron chi connectivity index (χ2n) is 3.53. The summed E-state index contributed by atoms with van der Waals surface area (Å²) in [7, 11) is 3.76. The van der Waals surface area contributed by atoms with E-state index in [4.69, 9.17) is 4.74 Å². The summed E-state index contributed by atoms with van der Waals surface area (Å²) in [6, 6.07) is 9.07. The van der Waals surface area contributed by atoms with E-state index in [1.54, 1.807) is 7.11 Å². The molecule has 0 fully saturated rings. The Hall–Kier alpha value is -0.130. The maximum Gasteiger partial charge on any atom is 0.0462 e. The molecule has 2 nitrogen and oxygen atoms in total. The summed E-state index contributed by atoms with van der Waals surface area (Å²) >= 11 is 2.35. The largest absolute Gasteiger partial charge is 0.385 e. The molecule has 0 aromatic heterocycles. The third-order valence-corrected chi connectivity index (χ3v) is 3.11. The van der Waals surface area contributed by atoms with Crippen molar-refractivity contribution >= 4 is 22.6 Å². The smallest absolute Gasteiger partial charge is 0.0462 e. The lowest BCUT2D eigenvalue weighted by atomic mass is 10.0. The molecule has 0 saturated heterocycles. The zero-order valence-electron chi connectivity index (χ0n) is 9.29. The minimum atomic E-state index is 0.440. The summed E-state index contributed by atoms with van der Waals surface area (Å²) in [4.78, 5) is 0. The van der Waals surface area contributed by atoms with Crippen LogP contribution in [-0.2, 0) is 4.74 Å². The zero-order valence-corrected chi connectivity index (χ0v) is 11.5. The van der Waals surface area contributed by atoms with Crippen LogP contribution in [0.4, 0.5) is 0 Å². The van der Waals surface area contributed by atoms with Gasteiger partial charge in [-0.3, -0.25) is 0 Å². The highest BCUT2D eigenvalue weighted by atomic mass is 127. The van der Waals surface area contributed by atoms with Crippen molar-refractivity contribution < 1.29 is 4.74 Å². The van der Waals surface area contributed by atoms with Gasteiger partial charge in [0.05, 0.1) is 0 Å². The lowest BCUT2D eigenvalue weighted by Crippen LogP contribution is -2.16. The van der Waals surface area contributed by atoms with Gasteiger partial charge < -0.3 is 10.1 Å². The van der Waals surface area contributed by atoms with Crippen molar-refractivity contribution in [2.24, 2.45) is 0 Å². The molecule has 0 saturated carbocycles. The van der Waals surface area contributed by atoms with E-state index in [2.05, 4.69) is 52.2 Å². The van der Waals surface area contributed by atoms with Gasteiger partial charge in [0, 0.05) is 23.3 Å². The molecule has 1 unspecified atom stereocenters. The predicted molar refractivity (Wildman–Crippen MR) is 72.1 cm³/mol.